The number of aromatic nitrogens is 1. The van der Waals surface area contributed by atoms with Crippen LogP contribution >= 0.6 is 0 Å². The summed E-state index contributed by atoms with van der Waals surface area (Å²) in [5, 5.41) is 15.2. The molecule has 1 heterocycles. The molecule has 5 nitrogen and oxygen atoms in total. The van der Waals surface area contributed by atoms with E-state index in [2.05, 4.69) is 5.16 Å². The van der Waals surface area contributed by atoms with Gasteiger partial charge in [-0.3, -0.25) is 10.1 Å². The van der Waals surface area contributed by atoms with Crippen molar-refractivity contribution in [1.29, 1.82) is 0 Å². The van der Waals surface area contributed by atoms with E-state index in [0.29, 0.717) is 11.1 Å². The summed E-state index contributed by atoms with van der Waals surface area (Å²) in [6.07, 6.45) is 0. The maximum atomic E-state index is 11.4. The van der Waals surface area contributed by atoms with Crippen LogP contribution in [0, 0.1) is 10.1 Å². The van der Waals surface area contributed by atoms with Crippen molar-refractivity contribution >= 4 is 5.69 Å². The Morgan fingerprint density at radius 1 is 0.900 bits per heavy atom. The van der Waals surface area contributed by atoms with Gasteiger partial charge >= 0.3 is 5.69 Å². The molecule has 0 aliphatic carbocycles. The fraction of sp³-hybridized carbons (Fsp3) is 0. The van der Waals surface area contributed by atoms with Crippen LogP contribution in [0.5, 0.6) is 0 Å². The van der Waals surface area contributed by atoms with Gasteiger partial charge in [0.2, 0.25) is 5.76 Å². The van der Waals surface area contributed by atoms with E-state index in [1.54, 1.807) is 48.5 Å². The number of nitro groups is 1. The minimum absolute atomic E-state index is 0.109. The van der Waals surface area contributed by atoms with Crippen LogP contribution in [-0.2, 0) is 0 Å². The van der Waals surface area contributed by atoms with Crippen LogP contribution in [0.3, 0.4) is 0 Å². The summed E-state index contributed by atoms with van der Waals surface area (Å²) < 4.78 is 5.21. The Balaban J connectivity index is 2.20. The smallest absolute Gasteiger partial charge is 0.344 e. The minimum atomic E-state index is -0.457. The van der Waals surface area contributed by atoms with Crippen LogP contribution in [0.25, 0.3) is 22.6 Å². The quantitative estimate of drug-likeness (QED) is 0.532. The van der Waals surface area contributed by atoms with Crippen LogP contribution < -0.4 is 0 Å². The van der Waals surface area contributed by atoms with Crippen molar-refractivity contribution in [3.05, 3.63) is 70.8 Å². The zero-order chi connectivity index (χ0) is 13.9. The van der Waals surface area contributed by atoms with Gasteiger partial charge in [0.25, 0.3) is 0 Å². The second-order valence-corrected chi connectivity index (χ2v) is 4.20. The largest absolute Gasteiger partial charge is 0.348 e. The van der Waals surface area contributed by atoms with Gasteiger partial charge in [0.15, 0.2) is 5.69 Å². The van der Waals surface area contributed by atoms with Crippen LogP contribution in [0.1, 0.15) is 0 Å². The molecule has 98 valence electrons. The molecule has 0 saturated heterocycles. The lowest BCUT2D eigenvalue weighted by Gasteiger charge is -1.96. The fourth-order valence-electron chi connectivity index (χ4n) is 2.02. The maximum absolute atomic E-state index is 11.4. The van der Waals surface area contributed by atoms with E-state index in [9.17, 15) is 10.1 Å². The van der Waals surface area contributed by atoms with E-state index < -0.39 is 4.92 Å². The van der Waals surface area contributed by atoms with Gasteiger partial charge in [-0.05, 0) is 0 Å². The zero-order valence-electron chi connectivity index (χ0n) is 10.4. The van der Waals surface area contributed by atoms with Crippen LogP contribution in [0.2, 0.25) is 0 Å². The highest BCUT2D eigenvalue weighted by molar-refractivity contribution is 5.80. The molecule has 2 aromatic carbocycles. The molecule has 0 fully saturated rings. The van der Waals surface area contributed by atoms with Crippen molar-refractivity contribution in [1.82, 2.24) is 5.16 Å². The predicted molar refractivity (Wildman–Crippen MR) is 74.0 cm³/mol. The van der Waals surface area contributed by atoms with Crippen molar-refractivity contribution in [3.8, 4) is 22.6 Å². The Labute approximate surface area is 114 Å². The Bertz CT molecular complexity index is 679. The van der Waals surface area contributed by atoms with E-state index in [1.807, 2.05) is 12.1 Å². The average Bonchev–Trinajstić information content (AvgIpc) is 2.94. The molecular weight excluding hydrogens is 256 g/mol. The van der Waals surface area contributed by atoms with Gasteiger partial charge in [0.05, 0.1) is 4.92 Å². The molecule has 1 aromatic heterocycles. The average molecular weight is 266 g/mol. The number of hydrogen-bond donors (Lipinski definition) is 0. The third-order valence-corrected chi connectivity index (χ3v) is 2.93. The lowest BCUT2D eigenvalue weighted by molar-refractivity contribution is -0.383. The molecule has 0 aliphatic rings. The summed E-state index contributed by atoms with van der Waals surface area (Å²) in [6, 6.07) is 17.9. The van der Waals surface area contributed by atoms with Crippen LogP contribution in [0.4, 0.5) is 5.69 Å². The first kappa shape index (κ1) is 12.1. The normalized spacial score (nSPS) is 10.4. The molecule has 0 radical (unpaired) electrons. The standard InChI is InChI=1S/C15H10N2O3/c18-17(19)14-13(11-7-3-1-4-8-11)16-20-15(14)12-9-5-2-6-10-12/h1-10H. The Morgan fingerprint density at radius 2 is 1.45 bits per heavy atom. The SMILES string of the molecule is O=[N+]([O-])c1c(-c2ccccc2)noc1-c1ccccc1. The van der Waals surface area contributed by atoms with E-state index in [4.69, 9.17) is 4.52 Å². The predicted octanol–water partition coefficient (Wildman–Crippen LogP) is 3.92. The zero-order valence-corrected chi connectivity index (χ0v) is 10.4. The van der Waals surface area contributed by atoms with Crippen molar-refractivity contribution in [3.63, 3.8) is 0 Å². The second-order valence-electron chi connectivity index (χ2n) is 4.20. The topological polar surface area (TPSA) is 69.2 Å². The molecule has 0 atom stereocenters. The Kier molecular flexibility index (Phi) is 3.01. The van der Waals surface area contributed by atoms with Gasteiger partial charge in [0, 0.05) is 11.1 Å². The highest BCUT2D eigenvalue weighted by Crippen LogP contribution is 2.38. The van der Waals surface area contributed by atoms with E-state index >= 15 is 0 Å². The maximum Gasteiger partial charge on any atom is 0.344 e. The molecule has 3 rings (SSSR count). The third kappa shape index (κ3) is 2.05. The lowest BCUT2D eigenvalue weighted by atomic mass is 10.1. The molecule has 0 N–H and O–H groups in total. The minimum Gasteiger partial charge on any atom is -0.348 e. The lowest BCUT2D eigenvalue weighted by Crippen LogP contribution is -1.91. The first-order valence-electron chi connectivity index (χ1n) is 6.02. The summed E-state index contributed by atoms with van der Waals surface area (Å²) in [7, 11) is 0. The van der Waals surface area contributed by atoms with Gasteiger partial charge in [0.1, 0.15) is 0 Å². The summed E-state index contributed by atoms with van der Waals surface area (Å²) in [4.78, 5) is 10.9. The van der Waals surface area contributed by atoms with Gasteiger partial charge in [-0.25, -0.2) is 0 Å². The molecule has 0 amide bonds. The summed E-state index contributed by atoms with van der Waals surface area (Å²) >= 11 is 0. The number of benzene rings is 2. The van der Waals surface area contributed by atoms with Gasteiger partial charge in [-0.2, -0.15) is 0 Å². The van der Waals surface area contributed by atoms with Gasteiger partial charge in [-0.15, -0.1) is 0 Å². The highest BCUT2D eigenvalue weighted by atomic mass is 16.6. The molecule has 0 spiro atoms. The summed E-state index contributed by atoms with van der Waals surface area (Å²) in [6.45, 7) is 0. The molecule has 20 heavy (non-hydrogen) atoms. The highest BCUT2D eigenvalue weighted by Gasteiger charge is 2.28. The van der Waals surface area contributed by atoms with Crippen LogP contribution in [0.15, 0.2) is 65.2 Å². The van der Waals surface area contributed by atoms with Gasteiger partial charge < -0.3 is 4.52 Å². The fourth-order valence-corrected chi connectivity index (χ4v) is 2.02. The monoisotopic (exact) mass is 266 g/mol. The summed E-state index contributed by atoms with van der Waals surface area (Å²) in [5.41, 5.74) is 1.43. The van der Waals surface area contributed by atoms with E-state index in [0.717, 1.165) is 0 Å². The molecule has 5 heteroatoms. The molecular formula is C15H10N2O3. The molecule has 0 bridgehead atoms. The third-order valence-electron chi connectivity index (χ3n) is 2.93. The summed E-state index contributed by atoms with van der Waals surface area (Å²) in [5.74, 6) is 0.175. The van der Waals surface area contributed by atoms with Crippen molar-refractivity contribution < 1.29 is 9.45 Å². The Hall–Kier alpha value is -2.95. The molecule has 0 aliphatic heterocycles. The molecule has 0 saturated carbocycles. The second kappa shape index (κ2) is 4.97. The van der Waals surface area contributed by atoms with Gasteiger partial charge in [-0.1, -0.05) is 65.8 Å². The number of nitrogens with zero attached hydrogens (tertiary/aromatic N) is 2. The molecule has 0 unspecified atom stereocenters. The molecule has 3 aromatic rings. The Morgan fingerprint density at radius 3 is 2.00 bits per heavy atom. The first-order chi connectivity index (χ1) is 9.77. The van der Waals surface area contributed by atoms with Crippen molar-refractivity contribution in [2.45, 2.75) is 0 Å². The van der Waals surface area contributed by atoms with Crippen LogP contribution in [-0.4, -0.2) is 10.1 Å². The first-order valence-corrected chi connectivity index (χ1v) is 6.02. The van der Waals surface area contributed by atoms with Crippen molar-refractivity contribution in [2.24, 2.45) is 0 Å². The van der Waals surface area contributed by atoms with Crippen molar-refractivity contribution in [2.75, 3.05) is 0 Å². The number of hydrogen-bond acceptors (Lipinski definition) is 4. The van der Waals surface area contributed by atoms with E-state index in [1.165, 1.54) is 0 Å². The number of rotatable bonds is 3. The van der Waals surface area contributed by atoms with E-state index in [-0.39, 0.29) is 17.1 Å².